The van der Waals surface area contributed by atoms with Gasteiger partial charge in [0.2, 0.25) is 0 Å². The van der Waals surface area contributed by atoms with Crippen LogP contribution in [0.5, 0.6) is 0 Å². The van der Waals surface area contributed by atoms with E-state index in [0.29, 0.717) is 6.54 Å². The van der Waals surface area contributed by atoms with Crippen molar-refractivity contribution in [3.8, 4) is 6.07 Å². The molecule has 106 valence electrons. The largest absolute Gasteiger partial charge is 0.358 e. The molecule has 0 fully saturated rings. The minimum Gasteiger partial charge on any atom is -0.358 e. The quantitative estimate of drug-likeness (QED) is 0.478. The molecular weight excluding hydrogens is 264 g/mol. The molecule has 0 aliphatic carbocycles. The van der Waals surface area contributed by atoms with E-state index in [9.17, 15) is 13.6 Å². The summed E-state index contributed by atoms with van der Waals surface area (Å²) in [5.41, 5.74) is -0.344. The lowest BCUT2D eigenvalue weighted by molar-refractivity contribution is -0.117. The van der Waals surface area contributed by atoms with Crippen LogP contribution in [0.15, 0.2) is 30.0 Å². The number of hydrogen-bond donors (Lipinski definition) is 2. The number of nitrogens with one attached hydrogen (secondary N) is 2. The third kappa shape index (κ3) is 4.69. The molecule has 1 amide bonds. The SMILES string of the molecule is CCCCNC(=O)/C(C#N)=C\Nc1cc(F)ccc1F. The highest BCUT2D eigenvalue weighted by atomic mass is 19.1. The van der Waals surface area contributed by atoms with E-state index in [1.807, 2.05) is 6.92 Å². The van der Waals surface area contributed by atoms with Crippen molar-refractivity contribution >= 4 is 11.6 Å². The van der Waals surface area contributed by atoms with Gasteiger partial charge < -0.3 is 10.6 Å². The second-order valence-electron chi connectivity index (χ2n) is 4.05. The summed E-state index contributed by atoms with van der Waals surface area (Å²) in [6.07, 6.45) is 2.77. The van der Waals surface area contributed by atoms with Gasteiger partial charge >= 0.3 is 0 Å². The molecule has 0 saturated carbocycles. The first-order valence-corrected chi connectivity index (χ1v) is 6.18. The van der Waals surface area contributed by atoms with Gasteiger partial charge in [0.05, 0.1) is 5.69 Å². The smallest absolute Gasteiger partial charge is 0.263 e. The fourth-order valence-corrected chi connectivity index (χ4v) is 1.38. The Balaban J connectivity index is 2.73. The van der Waals surface area contributed by atoms with Crippen LogP contribution in [-0.2, 0) is 4.79 Å². The van der Waals surface area contributed by atoms with Gasteiger partial charge in [-0.1, -0.05) is 13.3 Å². The molecule has 0 atom stereocenters. The van der Waals surface area contributed by atoms with Gasteiger partial charge in [0.1, 0.15) is 23.3 Å². The summed E-state index contributed by atoms with van der Waals surface area (Å²) in [6.45, 7) is 2.43. The standard InChI is InChI=1S/C14H15F2N3O/c1-2-3-6-18-14(20)10(8-17)9-19-13-7-11(15)4-5-12(13)16/h4-5,7,9,19H,2-3,6H2,1H3,(H,18,20)/b10-9-. The summed E-state index contributed by atoms with van der Waals surface area (Å²) in [6, 6.07) is 4.58. The molecule has 0 heterocycles. The van der Waals surface area contributed by atoms with Crippen molar-refractivity contribution in [1.29, 1.82) is 5.26 Å². The highest BCUT2D eigenvalue weighted by molar-refractivity contribution is 5.97. The van der Waals surface area contributed by atoms with Crippen LogP contribution >= 0.6 is 0 Å². The zero-order chi connectivity index (χ0) is 15.0. The van der Waals surface area contributed by atoms with Crippen LogP contribution in [0.2, 0.25) is 0 Å². The van der Waals surface area contributed by atoms with Crippen LogP contribution in [0.1, 0.15) is 19.8 Å². The van der Waals surface area contributed by atoms with Gasteiger partial charge in [-0.15, -0.1) is 0 Å². The maximum atomic E-state index is 13.3. The first kappa shape index (κ1) is 15.6. The van der Waals surface area contributed by atoms with E-state index in [2.05, 4.69) is 10.6 Å². The molecule has 6 heteroatoms. The lowest BCUT2D eigenvalue weighted by atomic mass is 10.2. The van der Waals surface area contributed by atoms with Crippen molar-refractivity contribution in [2.24, 2.45) is 0 Å². The zero-order valence-corrected chi connectivity index (χ0v) is 11.0. The molecule has 0 radical (unpaired) electrons. The Kier molecular flexibility index (Phi) is 6.17. The van der Waals surface area contributed by atoms with E-state index in [4.69, 9.17) is 5.26 Å². The number of anilines is 1. The molecule has 4 nitrogen and oxygen atoms in total. The van der Waals surface area contributed by atoms with Crippen LogP contribution in [0.3, 0.4) is 0 Å². The van der Waals surface area contributed by atoms with Crippen LogP contribution in [0.4, 0.5) is 14.5 Å². The molecule has 0 unspecified atom stereocenters. The highest BCUT2D eigenvalue weighted by Crippen LogP contribution is 2.15. The molecule has 2 N–H and O–H groups in total. The average Bonchev–Trinajstić information content (AvgIpc) is 2.43. The summed E-state index contributed by atoms with van der Waals surface area (Å²) in [4.78, 5) is 11.6. The van der Waals surface area contributed by atoms with E-state index in [0.717, 1.165) is 37.2 Å². The Hall–Kier alpha value is -2.42. The lowest BCUT2D eigenvalue weighted by Crippen LogP contribution is -2.25. The van der Waals surface area contributed by atoms with E-state index in [1.54, 1.807) is 6.07 Å². The van der Waals surface area contributed by atoms with Gasteiger partial charge in [-0.2, -0.15) is 5.26 Å². The number of carbonyl (C=O) groups excluding carboxylic acids is 1. The van der Waals surface area contributed by atoms with E-state index >= 15 is 0 Å². The maximum Gasteiger partial charge on any atom is 0.263 e. The van der Waals surface area contributed by atoms with Crippen LogP contribution in [0.25, 0.3) is 0 Å². The second-order valence-corrected chi connectivity index (χ2v) is 4.05. The number of unbranched alkanes of at least 4 members (excludes halogenated alkanes) is 1. The minimum absolute atomic E-state index is 0.140. The minimum atomic E-state index is -0.675. The second kappa shape index (κ2) is 7.89. The molecule has 0 bridgehead atoms. The molecule has 20 heavy (non-hydrogen) atoms. The lowest BCUT2D eigenvalue weighted by Gasteiger charge is -2.05. The third-order valence-corrected chi connectivity index (χ3v) is 2.48. The van der Waals surface area contributed by atoms with Gasteiger partial charge in [0.25, 0.3) is 5.91 Å². The predicted octanol–water partition coefficient (Wildman–Crippen LogP) is 2.70. The number of rotatable bonds is 6. The fourth-order valence-electron chi connectivity index (χ4n) is 1.38. The summed E-state index contributed by atoms with van der Waals surface area (Å²) in [5.74, 6) is -1.84. The number of amides is 1. The number of nitriles is 1. The van der Waals surface area contributed by atoms with Gasteiger partial charge in [0.15, 0.2) is 0 Å². The maximum absolute atomic E-state index is 13.3. The average molecular weight is 279 g/mol. The van der Waals surface area contributed by atoms with Crippen molar-refractivity contribution in [2.45, 2.75) is 19.8 Å². The van der Waals surface area contributed by atoms with Crippen molar-refractivity contribution in [3.63, 3.8) is 0 Å². The monoisotopic (exact) mass is 279 g/mol. The number of hydrogen-bond acceptors (Lipinski definition) is 3. The van der Waals surface area contributed by atoms with Gasteiger partial charge in [0, 0.05) is 18.8 Å². The highest BCUT2D eigenvalue weighted by Gasteiger charge is 2.08. The van der Waals surface area contributed by atoms with Crippen LogP contribution < -0.4 is 10.6 Å². The molecule has 0 aliphatic rings. The third-order valence-electron chi connectivity index (χ3n) is 2.48. The summed E-state index contributed by atoms with van der Waals surface area (Å²) >= 11 is 0. The van der Waals surface area contributed by atoms with Crippen molar-refractivity contribution in [2.75, 3.05) is 11.9 Å². The van der Waals surface area contributed by atoms with Gasteiger partial charge in [-0.05, 0) is 18.6 Å². The molecule has 0 aliphatic heterocycles. The van der Waals surface area contributed by atoms with E-state index in [-0.39, 0.29) is 11.3 Å². The van der Waals surface area contributed by atoms with Gasteiger partial charge in [-0.3, -0.25) is 4.79 Å². The Labute approximate surface area is 116 Å². The van der Waals surface area contributed by atoms with Crippen LogP contribution in [0, 0.1) is 23.0 Å². The molecule has 1 aromatic carbocycles. The zero-order valence-electron chi connectivity index (χ0n) is 11.0. The number of halogens is 2. The Bertz CT molecular complexity index is 550. The molecular formula is C14H15F2N3O. The molecule has 0 aromatic heterocycles. The Morgan fingerprint density at radius 3 is 2.85 bits per heavy atom. The van der Waals surface area contributed by atoms with Crippen molar-refractivity contribution in [1.82, 2.24) is 5.32 Å². The van der Waals surface area contributed by atoms with Crippen LogP contribution in [-0.4, -0.2) is 12.5 Å². The summed E-state index contributed by atoms with van der Waals surface area (Å²) in [5, 5.41) is 13.8. The normalized spacial score (nSPS) is 10.8. The fraction of sp³-hybridized carbons (Fsp3) is 0.286. The first-order chi connectivity index (χ1) is 9.58. The Morgan fingerprint density at radius 2 is 2.20 bits per heavy atom. The summed E-state index contributed by atoms with van der Waals surface area (Å²) in [7, 11) is 0. The summed E-state index contributed by atoms with van der Waals surface area (Å²) < 4.78 is 26.3. The topological polar surface area (TPSA) is 64.9 Å². The number of carbonyl (C=O) groups is 1. The number of benzene rings is 1. The molecule has 1 rings (SSSR count). The van der Waals surface area contributed by atoms with Gasteiger partial charge in [-0.25, -0.2) is 8.78 Å². The predicted molar refractivity (Wildman–Crippen MR) is 71.6 cm³/mol. The van der Waals surface area contributed by atoms with E-state index < -0.39 is 17.5 Å². The molecule has 0 saturated heterocycles. The Morgan fingerprint density at radius 1 is 1.45 bits per heavy atom. The van der Waals surface area contributed by atoms with E-state index in [1.165, 1.54) is 0 Å². The first-order valence-electron chi connectivity index (χ1n) is 6.18. The van der Waals surface area contributed by atoms with Crippen molar-refractivity contribution in [3.05, 3.63) is 41.6 Å². The molecule has 0 spiro atoms. The van der Waals surface area contributed by atoms with Crippen molar-refractivity contribution < 1.29 is 13.6 Å². The molecule has 1 aromatic rings. The number of nitrogens with zero attached hydrogens (tertiary/aromatic N) is 1.